The highest BCUT2D eigenvalue weighted by atomic mass is 32.2. The molecular formula is C38H44N4O10S. The van der Waals surface area contributed by atoms with E-state index in [1.165, 1.54) is 23.4 Å². The maximum absolute atomic E-state index is 14.1. The molecule has 15 heteroatoms. The summed E-state index contributed by atoms with van der Waals surface area (Å²) < 4.78 is 57.2. The number of sulfonamides is 1. The molecular weight excluding hydrogens is 705 g/mol. The van der Waals surface area contributed by atoms with Crippen molar-refractivity contribution in [3.63, 3.8) is 0 Å². The number of carbonyl (C=O) groups is 2. The number of alkyl carbamates (subject to hydrolysis) is 1. The fourth-order valence-electron chi connectivity index (χ4n) is 6.47. The molecule has 2 aliphatic heterocycles. The minimum absolute atomic E-state index is 0.0126. The molecule has 3 aromatic carbocycles. The Morgan fingerprint density at radius 1 is 0.981 bits per heavy atom. The van der Waals surface area contributed by atoms with Crippen LogP contribution in [0.2, 0.25) is 0 Å². The van der Waals surface area contributed by atoms with Crippen LogP contribution in [-0.2, 0) is 40.2 Å². The van der Waals surface area contributed by atoms with Crippen LogP contribution in [0.3, 0.4) is 0 Å². The lowest BCUT2D eigenvalue weighted by molar-refractivity contribution is -0.145. The number of ether oxygens (including phenoxy) is 4. The summed E-state index contributed by atoms with van der Waals surface area (Å²) in [6.07, 6.45) is -2.89. The Kier molecular flexibility index (Phi) is 12.2. The van der Waals surface area contributed by atoms with Crippen molar-refractivity contribution in [2.24, 2.45) is 11.8 Å². The third kappa shape index (κ3) is 9.47. The van der Waals surface area contributed by atoms with Gasteiger partial charge in [-0.1, -0.05) is 79.7 Å². The Morgan fingerprint density at radius 2 is 1.68 bits per heavy atom. The molecule has 0 aliphatic carbocycles. The van der Waals surface area contributed by atoms with Crippen LogP contribution in [0.1, 0.15) is 50.3 Å². The van der Waals surface area contributed by atoms with Gasteiger partial charge in [-0.2, -0.15) is 9.29 Å². The number of hydrogen-bond acceptors (Lipinski definition) is 12. The largest absolute Gasteiger partial charge is 0.447 e. The molecule has 2 N–H and O–H groups in total. The lowest BCUT2D eigenvalue weighted by Crippen LogP contribution is -2.51. The first kappa shape index (κ1) is 38.1. The van der Waals surface area contributed by atoms with Crippen LogP contribution in [0.4, 0.5) is 4.79 Å². The molecule has 14 nitrogen and oxygen atoms in total. The predicted octanol–water partition coefficient (Wildman–Crippen LogP) is 4.50. The number of hydrogen-bond donors (Lipinski definition) is 2. The molecule has 0 saturated carbocycles. The van der Waals surface area contributed by atoms with Gasteiger partial charge in [0.1, 0.15) is 6.10 Å². The van der Waals surface area contributed by atoms with Gasteiger partial charge in [-0.15, -0.1) is 0 Å². The quantitative estimate of drug-likeness (QED) is 0.163. The van der Waals surface area contributed by atoms with Crippen molar-refractivity contribution in [1.82, 2.24) is 19.8 Å². The molecule has 6 atom stereocenters. The van der Waals surface area contributed by atoms with Gasteiger partial charge in [-0.25, -0.2) is 13.2 Å². The first-order chi connectivity index (χ1) is 25.5. The summed E-state index contributed by atoms with van der Waals surface area (Å²) in [7, 11) is -4.13. The van der Waals surface area contributed by atoms with Gasteiger partial charge < -0.3 is 33.9 Å². The Hall–Kier alpha value is -4.67. The highest BCUT2D eigenvalue weighted by Crippen LogP contribution is 2.33. The highest BCUT2D eigenvalue weighted by molar-refractivity contribution is 7.89. The number of aliphatic hydroxyl groups is 1. The molecule has 2 saturated heterocycles. The molecule has 2 aliphatic rings. The van der Waals surface area contributed by atoms with E-state index in [-0.39, 0.29) is 54.6 Å². The first-order valence-corrected chi connectivity index (χ1v) is 19.0. The zero-order valence-corrected chi connectivity index (χ0v) is 30.6. The number of nitrogens with one attached hydrogen (secondary N) is 1. The Balaban J connectivity index is 1.18. The number of aliphatic hydroxyl groups excluding tert-OH is 1. The molecule has 3 heterocycles. The molecule has 2 fully saturated rings. The van der Waals surface area contributed by atoms with E-state index >= 15 is 0 Å². The average Bonchev–Trinajstić information content (AvgIpc) is 3.90. The van der Waals surface area contributed by atoms with Crippen molar-refractivity contribution in [3.05, 3.63) is 102 Å². The third-order valence-electron chi connectivity index (χ3n) is 9.07. The SMILES string of the molecule is CC(=O)OC(c1ccccc1)c1nc(-c2ccc(S(=O)(=O)N(CC(C)C)C[C@@H](O)[C@H](Cc3ccccc3)NC(=O)O[C@H]3CO[C@H]4OCC[C@H]43)cc2)no1. The van der Waals surface area contributed by atoms with Gasteiger partial charge in [-0.3, -0.25) is 4.79 Å². The molecule has 0 radical (unpaired) electrons. The van der Waals surface area contributed by atoms with Gasteiger partial charge in [0.15, 0.2) is 6.29 Å². The number of nitrogens with zero attached hydrogens (tertiary/aromatic N) is 3. The van der Waals surface area contributed by atoms with Gasteiger partial charge >= 0.3 is 12.1 Å². The molecule has 282 valence electrons. The topological polar surface area (TPSA) is 180 Å². The van der Waals surface area contributed by atoms with Gasteiger partial charge in [0.25, 0.3) is 5.89 Å². The number of fused-ring (bicyclic) bond motifs is 1. The van der Waals surface area contributed by atoms with E-state index in [4.69, 9.17) is 23.5 Å². The summed E-state index contributed by atoms with van der Waals surface area (Å²) in [5, 5.41) is 18.5. The van der Waals surface area contributed by atoms with Gasteiger partial charge in [-0.05, 0) is 48.6 Å². The van der Waals surface area contributed by atoms with E-state index in [1.807, 2.05) is 50.2 Å². The lowest BCUT2D eigenvalue weighted by Gasteiger charge is -2.31. The monoisotopic (exact) mass is 748 g/mol. The Bertz CT molecular complexity index is 1920. The second-order valence-corrected chi connectivity index (χ2v) is 15.5. The number of rotatable bonds is 15. The van der Waals surface area contributed by atoms with Crippen molar-refractivity contribution >= 4 is 22.1 Å². The fraction of sp³-hybridized carbons (Fsp3) is 0.421. The van der Waals surface area contributed by atoms with Crippen molar-refractivity contribution in [1.29, 1.82) is 0 Å². The number of aromatic nitrogens is 2. The molecule has 1 amide bonds. The van der Waals surface area contributed by atoms with E-state index in [9.17, 15) is 23.1 Å². The summed E-state index contributed by atoms with van der Waals surface area (Å²) in [5.74, 6) is -0.439. The zero-order valence-electron chi connectivity index (χ0n) is 29.7. The van der Waals surface area contributed by atoms with E-state index in [0.29, 0.717) is 24.2 Å². The normalized spacial score (nSPS) is 20.2. The Labute approximate surface area is 308 Å². The van der Waals surface area contributed by atoms with Crippen LogP contribution < -0.4 is 5.32 Å². The predicted molar refractivity (Wildman–Crippen MR) is 191 cm³/mol. The van der Waals surface area contributed by atoms with E-state index in [1.54, 1.807) is 36.4 Å². The smallest absolute Gasteiger partial charge is 0.407 e. The van der Waals surface area contributed by atoms with Crippen LogP contribution in [0.5, 0.6) is 0 Å². The number of amides is 1. The summed E-state index contributed by atoms with van der Waals surface area (Å²) in [5.41, 5.74) is 1.95. The molecule has 4 aromatic rings. The highest BCUT2D eigenvalue weighted by Gasteiger charge is 2.44. The summed E-state index contributed by atoms with van der Waals surface area (Å²) in [6, 6.07) is 23.4. The van der Waals surface area contributed by atoms with E-state index in [2.05, 4.69) is 15.5 Å². The van der Waals surface area contributed by atoms with E-state index < -0.39 is 52.7 Å². The summed E-state index contributed by atoms with van der Waals surface area (Å²) >= 11 is 0. The second-order valence-electron chi connectivity index (χ2n) is 13.6. The van der Waals surface area contributed by atoms with Crippen molar-refractivity contribution < 1.29 is 46.6 Å². The lowest BCUT2D eigenvalue weighted by atomic mass is 10.0. The van der Waals surface area contributed by atoms with Crippen molar-refractivity contribution in [3.8, 4) is 11.4 Å². The molecule has 0 bridgehead atoms. The maximum Gasteiger partial charge on any atom is 0.407 e. The van der Waals surface area contributed by atoms with Crippen LogP contribution in [0.15, 0.2) is 94.3 Å². The van der Waals surface area contributed by atoms with E-state index in [0.717, 1.165) is 5.56 Å². The van der Waals surface area contributed by atoms with Crippen LogP contribution in [0, 0.1) is 11.8 Å². The molecule has 6 rings (SSSR count). The number of esters is 1. The van der Waals surface area contributed by atoms with Crippen LogP contribution in [0.25, 0.3) is 11.4 Å². The summed E-state index contributed by atoms with van der Waals surface area (Å²) in [6.45, 7) is 5.60. The zero-order chi connectivity index (χ0) is 37.5. The third-order valence-corrected chi connectivity index (χ3v) is 10.9. The minimum atomic E-state index is -4.13. The standard InChI is InChI=1S/C38H44N4O10S/c1-24(2)21-42(22-32(44)31(20-26-10-6-4-7-11-26)39-38(45)51-33-23-49-37-30(33)18-19-48-37)53(46,47)29-16-14-28(15-17-29)35-40-36(52-41-35)34(50-25(3)43)27-12-8-5-9-13-27/h4-17,24,30-34,37,44H,18-23H2,1-3H3,(H,39,45)/t30-,31-,32+,33-,34?,37+/m0/s1. The van der Waals surface area contributed by atoms with Crippen molar-refractivity contribution in [2.45, 2.75) is 69.2 Å². The van der Waals surface area contributed by atoms with Gasteiger partial charge in [0, 0.05) is 31.1 Å². The summed E-state index contributed by atoms with van der Waals surface area (Å²) in [4.78, 5) is 29.4. The number of carbonyl (C=O) groups excluding carboxylic acids is 2. The minimum Gasteiger partial charge on any atom is -0.447 e. The second kappa shape index (κ2) is 17.0. The number of benzene rings is 3. The molecule has 1 aromatic heterocycles. The molecule has 1 unspecified atom stereocenters. The fourth-order valence-corrected chi connectivity index (χ4v) is 8.10. The Morgan fingerprint density at radius 3 is 2.36 bits per heavy atom. The van der Waals surface area contributed by atoms with Crippen LogP contribution >= 0.6 is 0 Å². The van der Waals surface area contributed by atoms with Crippen molar-refractivity contribution in [2.75, 3.05) is 26.3 Å². The molecule has 53 heavy (non-hydrogen) atoms. The first-order valence-electron chi connectivity index (χ1n) is 17.6. The van der Waals surface area contributed by atoms with Crippen LogP contribution in [-0.4, -0.2) is 90.9 Å². The maximum atomic E-state index is 14.1. The van der Waals surface area contributed by atoms with Gasteiger partial charge in [0.2, 0.25) is 22.0 Å². The average molecular weight is 749 g/mol. The molecule has 0 spiro atoms. The van der Waals surface area contributed by atoms with Gasteiger partial charge in [0.05, 0.1) is 36.2 Å².